The van der Waals surface area contributed by atoms with Gasteiger partial charge in [-0.15, -0.1) is 0 Å². The van der Waals surface area contributed by atoms with Crippen LogP contribution >= 0.6 is 21.2 Å². The number of allylic oxidation sites excluding steroid dienone is 2. The van der Waals surface area contributed by atoms with Crippen LogP contribution in [0.1, 0.15) is 0 Å². The molecule has 0 atom stereocenters. The molecule has 86 valence electrons. The molecule has 1 heterocycles. The van der Waals surface area contributed by atoms with Gasteiger partial charge in [0, 0.05) is 11.8 Å². The Morgan fingerprint density at radius 2 is 2.19 bits per heavy atom. The van der Waals surface area contributed by atoms with Crippen molar-refractivity contribution in [3.05, 3.63) is 47.7 Å². The lowest BCUT2D eigenvalue weighted by molar-refractivity contribution is 0.462. The predicted octanol–water partition coefficient (Wildman–Crippen LogP) is 1.78. The van der Waals surface area contributed by atoms with Crippen LogP contribution in [0.3, 0.4) is 0 Å². The molecule has 1 rings (SSSR count). The normalized spacial score (nSPS) is 17.3. The van der Waals surface area contributed by atoms with Crippen LogP contribution in [0.5, 0.6) is 0 Å². The van der Waals surface area contributed by atoms with Crippen molar-refractivity contribution in [3.8, 4) is 0 Å². The van der Waals surface area contributed by atoms with Crippen molar-refractivity contribution < 1.29 is 8.42 Å². The molecule has 1 aliphatic rings. The van der Waals surface area contributed by atoms with E-state index in [1.807, 2.05) is 0 Å². The lowest BCUT2D eigenvalue weighted by Crippen LogP contribution is -2.16. The van der Waals surface area contributed by atoms with Crippen LogP contribution in [0.2, 0.25) is 0 Å². The highest BCUT2D eigenvalue weighted by molar-refractivity contribution is 14.2. The number of hydrogen-bond donors (Lipinski definition) is 1. The molecular formula is C8H9IN4O2S. The Balaban J connectivity index is 3.33. The third-order valence-corrected chi connectivity index (χ3v) is 4.14. The summed E-state index contributed by atoms with van der Waals surface area (Å²) in [6.45, 7) is 7.24. The van der Waals surface area contributed by atoms with Gasteiger partial charge in [0.25, 0.3) is 0 Å². The number of halogens is 1. The topological polar surface area (TPSA) is 88.1 Å². The van der Waals surface area contributed by atoms with Gasteiger partial charge >= 0.3 is 0 Å². The van der Waals surface area contributed by atoms with Gasteiger partial charge in [-0.2, -0.15) is 0 Å². The molecule has 0 radical (unpaired) electrons. The van der Waals surface area contributed by atoms with Gasteiger partial charge in [0.2, 0.25) is 7.01 Å². The van der Waals surface area contributed by atoms with Gasteiger partial charge in [-0.3, -0.25) is 0 Å². The summed E-state index contributed by atoms with van der Waals surface area (Å²) in [4.78, 5) is 0.136. The molecular weight excluding hydrogens is 343 g/mol. The predicted molar refractivity (Wildman–Crippen MR) is 69.3 cm³/mol. The van der Waals surface area contributed by atoms with Crippen molar-refractivity contribution in [2.24, 2.45) is 16.3 Å². The van der Waals surface area contributed by atoms with Crippen molar-refractivity contribution in [3.63, 3.8) is 0 Å². The second kappa shape index (κ2) is 4.78. The van der Waals surface area contributed by atoms with E-state index in [0.717, 1.165) is 0 Å². The average molecular weight is 352 g/mol. The van der Waals surface area contributed by atoms with E-state index in [4.69, 9.17) is 5.84 Å². The zero-order valence-corrected chi connectivity index (χ0v) is 11.1. The smallest absolute Gasteiger partial charge is 0.231 e. The highest BCUT2D eigenvalue weighted by Crippen LogP contribution is 2.31. The molecule has 6 nitrogen and oxygen atoms in total. The van der Waals surface area contributed by atoms with Crippen LogP contribution in [0.15, 0.2) is 58.1 Å². The van der Waals surface area contributed by atoms with Crippen LogP contribution in [-0.2, 0) is 7.01 Å². The fourth-order valence-corrected chi connectivity index (χ4v) is 2.99. The van der Waals surface area contributed by atoms with E-state index in [1.54, 1.807) is 0 Å². The molecule has 0 amide bonds. The largest absolute Gasteiger partial charge is 0.303 e. The Kier molecular flexibility index (Phi) is 3.86. The molecule has 0 fully saturated rings. The van der Waals surface area contributed by atoms with Crippen molar-refractivity contribution in [1.29, 1.82) is 0 Å². The summed E-state index contributed by atoms with van der Waals surface area (Å²) in [5, 5.41) is 7.91. The zero-order valence-electron chi connectivity index (χ0n) is 8.17. The van der Waals surface area contributed by atoms with Crippen LogP contribution in [0.25, 0.3) is 0 Å². The number of hydrogen-bond acceptors (Lipinski definition) is 4. The SMILES string of the molecule is C=CC1=C(S(=O)(=O)I)C=CN(/N=N\N)C1=C. The number of nitrogens with zero attached hydrogens (tertiary/aromatic N) is 3. The average Bonchev–Trinajstić information content (AvgIpc) is 2.19. The fourth-order valence-electron chi connectivity index (χ4n) is 1.15. The molecule has 0 aromatic rings. The molecule has 0 aromatic heterocycles. The monoisotopic (exact) mass is 352 g/mol. The molecule has 0 spiro atoms. The summed E-state index contributed by atoms with van der Waals surface area (Å²) in [6.07, 6.45) is 4.20. The van der Waals surface area contributed by atoms with Crippen molar-refractivity contribution >= 4 is 28.2 Å². The van der Waals surface area contributed by atoms with Gasteiger partial charge in [0.15, 0.2) is 0 Å². The Hall–Kier alpha value is -1.16. The summed E-state index contributed by atoms with van der Waals surface area (Å²) in [5.41, 5.74) is 0.728. The molecule has 8 heteroatoms. The van der Waals surface area contributed by atoms with E-state index in [1.165, 1.54) is 44.6 Å². The third kappa shape index (κ3) is 2.50. The van der Waals surface area contributed by atoms with Crippen molar-refractivity contribution in [1.82, 2.24) is 5.01 Å². The number of nitrogens with two attached hydrogens (primary N) is 1. The van der Waals surface area contributed by atoms with Gasteiger partial charge in [-0.25, -0.2) is 13.4 Å². The highest BCUT2D eigenvalue weighted by atomic mass is 127. The van der Waals surface area contributed by atoms with E-state index in [9.17, 15) is 8.42 Å². The zero-order chi connectivity index (χ0) is 12.3. The Bertz CT molecular complexity index is 518. The standard InChI is InChI=1S/C8H9IN4O2S/c1-3-7-6(2)13(12-11-10)5-4-8(7)16(9,14)15/h3-5H,1-2H2,(H2,10,12). The minimum Gasteiger partial charge on any atom is -0.303 e. The van der Waals surface area contributed by atoms with E-state index >= 15 is 0 Å². The first-order chi connectivity index (χ1) is 7.41. The first-order valence-electron chi connectivity index (χ1n) is 4.00. The molecule has 2 N–H and O–H groups in total. The Morgan fingerprint density at radius 3 is 2.62 bits per heavy atom. The molecule has 0 aliphatic carbocycles. The van der Waals surface area contributed by atoms with E-state index in [0.29, 0.717) is 11.3 Å². The molecule has 1 aliphatic heterocycles. The van der Waals surface area contributed by atoms with Crippen molar-refractivity contribution in [2.75, 3.05) is 0 Å². The molecule has 0 unspecified atom stereocenters. The van der Waals surface area contributed by atoms with E-state index in [-0.39, 0.29) is 4.91 Å². The molecule has 0 saturated carbocycles. The van der Waals surface area contributed by atoms with Crippen LogP contribution in [-0.4, -0.2) is 13.4 Å². The first kappa shape index (κ1) is 12.9. The van der Waals surface area contributed by atoms with Gasteiger partial charge < -0.3 is 5.84 Å². The van der Waals surface area contributed by atoms with Gasteiger partial charge in [0.1, 0.15) is 0 Å². The second-order valence-electron chi connectivity index (χ2n) is 2.73. The second-order valence-corrected chi connectivity index (χ2v) is 7.53. The maximum Gasteiger partial charge on any atom is 0.231 e. The maximum atomic E-state index is 11.5. The summed E-state index contributed by atoms with van der Waals surface area (Å²) < 4.78 is 22.9. The summed E-state index contributed by atoms with van der Waals surface area (Å²) in [6, 6.07) is 0. The Morgan fingerprint density at radius 1 is 1.56 bits per heavy atom. The summed E-state index contributed by atoms with van der Waals surface area (Å²) in [5.74, 6) is 4.91. The minimum atomic E-state index is -3.36. The minimum absolute atomic E-state index is 0.136. The van der Waals surface area contributed by atoms with Crippen LogP contribution in [0.4, 0.5) is 0 Å². The van der Waals surface area contributed by atoms with Crippen LogP contribution < -0.4 is 5.84 Å². The number of rotatable bonds is 3. The summed E-state index contributed by atoms with van der Waals surface area (Å²) >= 11 is 1.35. The van der Waals surface area contributed by atoms with Gasteiger partial charge in [-0.1, -0.05) is 24.5 Å². The first-order valence-corrected chi connectivity index (χ1v) is 8.03. The third-order valence-electron chi connectivity index (χ3n) is 1.83. The lowest BCUT2D eigenvalue weighted by Gasteiger charge is -2.21. The highest BCUT2D eigenvalue weighted by Gasteiger charge is 2.23. The Labute approximate surface area is 105 Å². The molecule has 0 saturated heterocycles. The van der Waals surface area contributed by atoms with Crippen molar-refractivity contribution in [2.45, 2.75) is 0 Å². The molecule has 16 heavy (non-hydrogen) atoms. The quantitative estimate of drug-likeness (QED) is 0.276. The maximum absolute atomic E-state index is 11.5. The van der Waals surface area contributed by atoms with Gasteiger partial charge in [0.05, 0.1) is 31.8 Å². The van der Waals surface area contributed by atoms with E-state index < -0.39 is 7.01 Å². The van der Waals surface area contributed by atoms with Gasteiger partial charge in [-0.05, 0) is 11.3 Å². The fraction of sp³-hybridized carbons (Fsp3) is 0. The lowest BCUT2D eigenvalue weighted by atomic mass is 10.1. The van der Waals surface area contributed by atoms with Crippen LogP contribution in [0, 0.1) is 0 Å². The van der Waals surface area contributed by atoms with E-state index in [2.05, 4.69) is 23.6 Å². The molecule has 0 aromatic carbocycles. The summed E-state index contributed by atoms with van der Waals surface area (Å²) in [7, 11) is -3.36. The molecule has 0 bridgehead atoms.